The van der Waals surface area contributed by atoms with Gasteiger partial charge in [0.15, 0.2) is 9.84 Å². The summed E-state index contributed by atoms with van der Waals surface area (Å²) in [6.07, 6.45) is 3.19. The van der Waals surface area contributed by atoms with Crippen molar-refractivity contribution >= 4 is 21.4 Å². The van der Waals surface area contributed by atoms with Gasteiger partial charge in [-0.2, -0.15) is 0 Å². The summed E-state index contributed by atoms with van der Waals surface area (Å²) in [6.45, 7) is 3.33. The van der Waals surface area contributed by atoms with Gasteiger partial charge in [0, 0.05) is 11.1 Å². The van der Waals surface area contributed by atoms with Crippen molar-refractivity contribution in [3.8, 4) is 23.1 Å². The van der Waals surface area contributed by atoms with Crippen molar-refractivity contribution in [2.24, 2.45) is 0 Å². The molecule has 0 aliphatic heterocycles. The zero-order valence-corrected chi connectivity index (χ0v) is 16.4. The SMILES string of the molecule is CC(C)S(=O)(=O)c1ccc(-c2cncc(C#Cc3ccccc3Cl)n2)cc1. The number of hydrogen-bond acceptors (Lipinski definition) is 4. The Balaban J connectivity index is 1.90. The van der Waals surface area contributed by atoms with E-state index in [0.29, 0.717) is 21.3 Å². The molecule has 3 rings (SSSR count). The van der Waals surface area contributed by atoms with Crippen molar-refractivity contribution in [2.75, 3.05) is 0 Å². The summed E-state index contributed by atoms with van der Waals surface area (Å²) in [6, 6.07) is 14.0. The van der Waals surface area contributed by atoms with E-state index in [2.05, 4.69) is 21.8 Å². The predicted molar refractivity (Wildman–Crippen MR) is 107 cm³/mol. The molecule has 0 aliphatic rings. The van der Waals surface area contributed by atoms with Gasteiger partial charge < -0.3 is 0 Å². The van der Waals surface area contributed by atoms with Gasteiger partial charge in [0.25, 0.3) is 0 Å². The minimum atomic E-state index is -3.30. The van der Waals surface area contributed by atoms with E-state index in [1.165, 1.54) is 0 Å². The minimum absolute atomic E-state index is 0.295. The van der Waals surface area contributed by atoms with Crippen LogP contribution in [0.3, 0.4) is 0 Å². The maximum Gasteiger partial charge on any atom is 0.180 e. The Morgan fingerprint density at radius 2 is 1.67 bits per heavy atom. The number of benzene rings is 2. The first-order valence-corrected chi connectivity index (χ1v) is 10.2. The van der Waals surface area contributed by atoms with E-state index >= 15 is 0 Å². The second-order valence-electron chi connectivity index (χ2n) is 6.14. The van der Waals surface area contributed by atoms with Crippen molar-refractivity contribution in [3.63, 3.8) is 0 Å². The maximum atomic E-state index is 12.2. The molecule has 6 heteroatoms. The maximum absolute atomic E-state index is 12.2. The summed E-state index contributed by atoms with van der Waals surface area (Å²) in [5, 5.41) is 0.114. The van der Waals surface area contributed by atoms with Crippen LogP contribution in [0.25, 0.3) is 11.3 Å². The van der Waals surface area contributed by atoms with Gasteiger partial charge in [-0.15, -0.1) is 0 Å². The van der Waals surface area contributed by atoms with Crippen LogP contribution in [0.4, 0.5) is 0 Å². The Hall–Kier alpha value is -2.68. The molecule has 0 bridgehead atoms. The lowest BCUT2D eigenvalue weighted by molar-refractivity contribution is 0.587. The van der Waals surface area contributed by atoms with Gasteiger partial charge in [0.2, 0.25) is 0 Å². The molecule has 0 spiro atoms. The molecule has 0 radical (unpaired) electrons. The number of halogens is 1. The second kappa shape index (κ2) is 7.91. The molecule has 0 amide bonds. The Morgan fingerprint density at radius 3 is 2.33 bits per heavy atom. The molecule has 1 heterocycles. The number of rotatable bonds is 3. The fourth-order valence-corrected chi connectivity index (χ4v) is 3.59. The highest BCUT2D eigenvalue weighted by atomic mass is 35.5. The van der Waals surface area contributed by atoms with Gasteiger partial charge >= 0.3 is 0 Å². The fraction of sp³-hybridized carbons (Fsp3) is 0.143. The summed E-state index contributed by atoms with van der Waals surface area (Å²) in [4.78, 5) is 8.96. The molecule has 27 heavy (non-hydrogen) atoms. The molecule has 0 unspecified atom stereocenters. The van der Waals surface area contributed by atoms with Gasteiger partial charge in [0.1, 0.15) is 5.69 Å². The van der Waals surface area contributed by atoms with Crippen molar-refractivity contribution in [1.82, 2.24) is 9.97 Å². The third-order valence-electron chi connectivity index (χ3n) is 3.93. The average Bonchev–Trinajstić information content (AvgIpc) is 2.67. The molecule has 0 atom stereocenters. The van der Waals surface area contributed by atoms with Gasteiger partial charge in [-0.25, -0.2) is 13.4 Å². The van der Waals surface area contributed by atoms with E-state index < -0.39 is 15.1 Å². The molecule has 2 aromatic carbocycles. The molecule has 1 aromatic heterocycles. The topological polar surface area (TPSA) is 59.9 Å². The summed E-state index contributed by atoms with van der Waals surface area (Å²) < 4.78 is 24.4. The Bertz CT molecular complexity index is 1130. The van der Waals surface area contributed by atoms with Gasteiger partial charge in [-0.05, 0) is 44.0 Å². The monoisotopic (exact) mass is 396 g/mol. The van der Waals surface area contributed by atoms with E-state index in [0.717, 1.165) is 11.1 Å². The summed E-state index contributed by atoms with van der Waals surface area (Å²) in [7, 11) is -3.30. The number of hydrogen-bond donors (Lipinski definition) is 0. The lowest BCUT2D eigenvalue weighted by Gasteiger charge is -2.08. The van der Waals surface area contributed by atoms with Crippen LogP contribution in [0, 0.1) is 11.8 Å². The molecule has 0 fully saturated rings. The summed E-state index contributed by atoms with van der Waals surface area (Å²) in [5.74, 6) is 5.94. The zero-order chi connectivity index (χ0) is 19.4. The number of sulfone groups is 1. The minimum Gasteiger partial charge on any atom is -0.259 e. The Morgan fingerprint density at radius 1 is 0.963 bits per heavy atom. The third-order valence-corrected chi connectivity index (χ3v) is 6.43. The second-order valence-corrected chi connectivity index (χ2v) is 9.05. The third kappa shape index (κ3) is 4.36. The van der Waals surface area contributed by atoms with E-state index in [1.807, 2.05) is 18.2 Å². The van der Waals surface area contributed by atoms with Crippen LogP contribution in [0.2, 0.25) is 5.02 Å². The van der Waals surface area contributed by atoms with Crippen LogP contribution in [0.5, 0.6) is 0 Å². The zero-order valence-electron chi connectivity index (χ0n) is 14.8. The average molecular weight is 397 g/mol. The highest BCUT2D eigenvalue weighted by Crippen LogP contribution is 2.21. The fourth-order valence-electron chi connectivity index (χ4n) is 2.35. The van der Waals surface area contributed by atoms with E-state index in [1.54, 1.807) is 56.6 Å². The lowest BCUT2D eigenvalue weighted by Crippen LogP contribution is -2.13. The number of aromatic nitrogens is 2. The Labute approximate surface area is 164 Å². The molecular formula is C21H17ClN2O2S. The molecular weight excluding hydrogens is 380 g/mol. The van der Waals surface area contributed by atoms with E-state index in [-0.39, 0.29) is 0 Å². The van der Waals surface area contributed by atoms with Gasteiger partial charge in [-0.3, -0.25) is 4.98 Å². The summed E-state index contributed by atoms with van der Waals surface area (Å²) in [5.41, 5.74) is 2.61. The normalized spacial score (nSPS) is 11.1. The molecule has 3 aromatic rings. The molecule has 4 nitrogen and oxygen atoms in total. The molecule has 0 N–H and O–H groups in total. The van der Waals surface area contributed by atoms with Crippen molar-refractivity contribution in [3.05, 3.63) is 77.2 Å². The van der Waals surface area contributed by atoms with Gasteiger partial charge in [0.05, 0.1) is 33.3 Å². The standard InChI is InChI=1S/C21H17ClN2O2S/c1-15(2)27(25,26)19-11-8-17(9-12-19)21-14-23-13-18(24-21)10-7-16-5-3-4-6-20(16)22/h3-6,8-9,11-15H,1-2H3. The van der Waals surface area contributed by atoms with E-state index in [4.69, 9.17) is 11.6 Å². The molecule has 0 saturated heterocycles. The van der Waals surface area contributed by atoms with Crippen LogP contribution in [-0.4, -0.2) is 23.6 Å². The van der Waals surface area contributed by atoms with Gasteiger partial charge in [-0.1, -0.05) is 41.8 Å². The van der Waals surface area contributed by atoms with Crippen LogP contribution < -0.4 is 0 Å². The van der Waals surface area contributed by atoms with Crippen LogP contribution in [-0.2, 0) is 9.84 Å². The van der Waals surface area contributed by atoms with Crippen molar-refractivity contribution in [2.45, 2.75) is 24.0 Å². The van der Waals surface area contributed by atoms with Crippen LogP contribution in [0.15, 0.2) is 65.8 Å². The molecule has 0 saturated carbocycles. The first-order chi connectivity index (χ1) is 12.9. The highest BCUT2D eigenvalue weighted by molar-refractivity contribution is 7.92. The first-order valence-electron chi connectivity index (χ1n) is 8.31. The smallest absolute Gasteiger partial charge is 0.180 e. The van der Waals surface area contributed by atoms with Crippen molar-refractivity contribution in [1.29, 1.82) is 0 Å². The molecule has 0 aliphatic carbocycles. The van der Waals surface area contributed by atoms with Crippen molar-refractivity contribution < 1.29 is 8.42 Å². The molecule has 136 valence electrons. The number of nitrogens with zero attached hydrogens (tertiary/aromatic N) is 2. The quantitative estimate of drug-likeness (QED) is 0.616. The largest absolute Gasteiger partial charge is 0.259 e. The summed E-state index contributed by atoms with van der Waals surface area (Å²) >= 11 is 6.10. The Kier molecular flexibility index (Phi) is 5.59. The predicted octanol–water partition coefficient (Wildman–Crippen LogP) is 4.38. The van der Waals surface area contributed by atoms with Crippen LogP contribution >= 0.6 is 11.6 Å². The van der Waals surface area contributed by atoms with E-state index in [9.17, 15) is 8.42 Å². The highest BCUT2D eigenvalue weighted by Gasteiger charge is 2.18. The first kappa shape index (κ1) is 19.1. The van der Waals surface area contributed by atoms with Crippen LogP contribution in [0.1, 0.15) is 25.1 Å². The lowest BCUT2D eigenvalue weighted by atomic mass is 10.1.